The molecule has 2 aromatic heterocycles. The summed E-state index contributed by atoms with van der Waals surface area (Å²) in [5.41, 5.74) is 0.202. The number of imidazole rings is 2. The van der Waals surface area contributed by atoms with E-state index in [-0.39, 0.29) is 22.5 Å². The number of aryl methyl sites for hydroxylation is 1. The van der Waals surface area contributed by atoms with E-state index in [4.69, 9.17) is 5.11 Å². The summed E-state index contributed by atoms with van der Waals surface area (Å²) >= 11 is 0. The quantitative estimate of drug-likeness (QED) is 0.717. The van der Waals surface area contributed by atoms with Crippen LogP contribution >= 0.6 is 0 Å². The second-order valence-electron chi connectivity index (χ2n) is 3.92. The van der Waals surface area contributed by atoms with Crippen LogP contribution in [0.5, 0.6) is 0 Å². The summed E-state index contributed by atoms with van der Waals surface area (Å²) in [7, 11) is 1.50. The van der Waals surface area contributed by atoms with Gasteiger partial charge in [-0.2, -0.15) is 0 Å². The van der Waals surface area contributed by atoms with Crippen LogP contribution in [0.4, 0.5) is 8.78 Å². The van der Waals surface area contributed by atoms with Gasteiger partial charge < -0.3 is 9.67 Å². The Labute approximate surface area is 98.9 Å². The molecule has 0 aliphatic rings. The Morgan fingerprint density at radius 1 is 1.39 bits per heavy atom. The monoisotopic (exact) mass is 251 g/mol. The standard InChI is InChI=1S/C11H7F2N3O2/c1-15-8(10(17)18)4-16-7-3-5(12)2-6(13)9(7)14-11(15)16/h2-4H,1H3,(H,17,18). The Morgan fingerprint density at radius 3 is 2.78 bits per heavy atom. The number of hydrogen-bond acceptors (Lipinski definition) is 2. The minimum atomic E-state index is -1.13. The molecule has 0 bridgehead atoms. The average molecular weight is 251 g/mol. The molecule has 0 unspecified atom stereocenters. The van der Waals surface area contributed by atoms with Crippen molar-refractivity contribution in [2.45, 2.75) is 0 Å². The van der Waals surface area contributed by atoms with E-state index in [2.05, 4.69) is 4.98 Å². The van der Waals surface area contributed by atoms with Gasteiger partial charge in [0, 0.05) is 25.4 Å². The number of rotatable bonds is 1. The molecule has 2 heterocycles. The van der Waals surface area contributed by atoms with Gasteiger partial charge in [-0.3, -0.25) is 4.40 Å². The molecule has 0 saturated carbocycles. The number of aromatic nitrogens is 3. The number of fused-ring (bicyclic) bond motifs is 3. The van der Waals surface area contributed by atoms with Crippen LogP contribution < -0.4 is 0 Å². The molecule has 0 amide bonds. The predicted molar refractivity (Wildman–Crippen MR) is 58.5 cm³/mol. The second-order valence-corrected chi connectivity index (χ2v) is 3.92. The van der Waals surface area contributed by atoms with Gasteiger partial charge in [0.15, 0.2) is 5.82 Å². The molecule has 0 fully saturated rings. The number of halogens is 2. The lowest BCUT2D eigenvalue weighted by Gasteiger charge is -1.94. The Bertz CT molecular complexity index is 804. The first-order valence-corrected chi connectivity index (χ1v) is 5.05. The summed E-state index contributed by atoms with van der Waals surface area (Å²) < 4.78 is 29.3. The Kier molecular flexibility index (Phi) is 1.95. The summed E-state index contributed by atoms with van der Waals surface area (Å²) in [5.74, 6) is -2.40. The molecule has 7 heteroatoms. The third kappa shape index (κ3) is 1.24. The SMILES string of the molecule is Cn1c(C(=O)O)cn2c3cc(F)cc(F)c3nc12. The molecule has 1 aromatic carbocycles. The summed E-state index contributed by atoms with van der Waals surface area (Å²) in [5, 5.41) is 8.96. The van der Waals surface area contributed by atoms with E-state index in [0.29, 0.717) is 0 Å². The highest BCUT2D eigenvalue weighted by atomic mass is 19.1. The third-order valence-corrected chi connectivity index (χ3v) is 2.83. The van der Waals surface area contributed by atoms with Gasteiger partial charge in [-0.15, -0.1) is 0 Å². The van der Waals surface area contributed by atoms with Crippen LogP contribution in [0.15, 0.2) is 18.3 Å². The Hall–Kier alpha value is -2.44. The predicted octanol–water partition coefficient (Wildman–Crippen LogP) is 1.80. The largest absolute Gasteiger partial charge is 0.477 e. The summed E-state index contributed by atoms with van der Waals surface area (Å²) in [6.07, 6.45) is 1.28. The number of hydrogen-bond donors (Lipinski definition) is 1. The van der Waals surface area contributed by atoms with Crippen molar-refractivity contribution in [2.75, 3.05) is 0 Å². The van der Waals surface area contributed by atoms with Crippen molar-refractivity contribution in [3.05, 3.63) is 35.7 Å². The molecule has 0 aliphatic carbocycles. The highest BCUT2D eigenvalue weighted by Crippen LogP contribution is 2.22. The van der Waals surface area contributed by atoms with E-state index in [0.717, 1.165) is 12.1 Å². The number of benzene rings is 1. The maximum Gasteiger partial charge on any atom is 0.354 e. The summed E-state index contributed by atoms with van der Waals surface area (Å²) in [6, 6.07) is 1.86. The maximum absolute atomic E-state index is 13.5. The zero-order valence-corrected chi connectivity index (χ0v) is 9.19. The maximum atomic E-state index is 13.5. The highest BCUT2D eigenvalue weighted by Gasteiger charge is 2.18. The summed E-state index contributed by atoms with van der Waals surface area (Å²) in [4.78, 5) is 14.9. The zero-order valence-electron chi connectivity index (χ0n) is 9.19. The molecular formula is C11H7F2N3O2. The number of carboxylic acid groups (broad SMARTS) is 1. The first kappa shape index (κ1) is 10.7. The number of carbonyl (C=O) groups is 1. The number of carboxylic acids is 1. The molecule has 1 N–H and O–H groups in total. The lowest BCUT2D eigenvalue weighted by atomic mass is 10.3. The van der Waals surface area contributed by atoms with Crippen molar-refractivity contribution in [1.82, 2.24) is 14.0 Å². The van der Waals surface area contributed by atoms with Crippen LogP contribution in [0.3, 0.4) is 0 Å². The van der Waals surface area contributed by atoms with Crippen molar-refractivity contribution in [1.29, 1.82) is 0 Å². The molecule has 0 saturated heterocycles. The van der Waals surface area contributed by atoms with Crippen molar-refractivity contribution in [3.8, 4) is 0 Å². The van der Waals surface area contributed by atoms with Gasteiger partial charge in [0.05, 0.1) is 5.52 Å². The Morgan fingerprint density at radius 2 is 2.11 bits per heavy atom. The number of aromatic carboxylic acids is 1. The molecule has 92 valence electrons. The fraction of sp³-hybridized carbons (Fsp3) is 0.0909. The summed E-state index contributed by atoms with van der Waals surface area (Å²) in [6.45, 7) is 0. The fourth-order valence-electron chi connectivity index (χ4n) is 1.99. The van der Waals surface area contributed by atoms with Crippen molar-refractivity contribution >= 4 is 22.8 Å². The van der Waals surface area contributed by atoms with Crippen molar-refractivity contribution < 1.29 is 18.7 Å². The molecule has 18 heavy (non-hydrogen) atoms. The van der Waals surface area contributed by atoms with Crippen molar-refractivity contribution in [2.24, 2.45) is 7.05 Å². The molecule has 3 rings (SSSR count). The lowest BCUT2D eigenvalue weighted by molar-refractivity contribution is 0.0687. The van der Waals surface area contributed by atoms with Crippen LogP contribution in [-0.2, 0) is 7.05 Å². The van der Waals surface area contributed by atoms with Crippen LogP contribution in [0.2, 0.25) is 0 Å². The van der Waals surface area contributed by atoms with Crippen LogP contribution in [0.25, 0.3) is 16.8 Å². The smallest absolute Gasteiger partial charge is 0.354 e. The van der Waals surface area contributed by atoms with E-state index >= 15 is 0 Å². The van der Waals surface area contributed by atoms with Gasteiger partial charge in [0.2, 0.25) is 5.78 Å². The van der Waals surface area contributed by atoms with Crippen LogP contribution in [-0.4, -0.2) is 25.0 Å². The lowest BCUT2D eigenvalue weighted by Crippen LogP contribution is -2.04. The Balaban J connectivity index is 2.50. The second kappa shape index (κ2) is 3.28. The first-order chi connectivity index (χ1) is 8.49. The normalized spacial score (nSPS) is 11.5. The van der Waals surface area contributed by atoms with E-state index in [1.807, 2.05) is 0 Å². The highest BCUT2D eigenvalue weighted by molar-refractivity contribution is 5.88. The molecule has 0 spiro atoms. The van der Waals surface area contributed by atoms with E-state index in [1.54, 1.807) is 0 Å². The molecule has 5 nitrogen and oxygen atoms in total. The van der Waals surface area contributed by atoms with Gasteiger partial charge in [-0.25, -0.2) is 18.6 Å². The minimum Gasteiger partial charge on any atom is -0.477 e. The van der Waals surface area contributed by atoms with Gasteiger partial charge in [0.25, 0.3) is 0 Å². The van der Waals surface area contributed by atoms with Gasteiger partial charge >= 0.3 is 5.97 Å². The van der Waals surface area contributed by atoms with Gasteiger partial charge in [0.1, 0.15) is 17.0 Å². The van der Waals surface area contributed by atoms with E-state index in [1.165, 1.54) is 22.2 Å². The zero-order chi connectivity index (χ0) is 13.0. The molecule has 3 aromatic rings. The minimum absolute atomic E-state index is 0.0101. The third-order valence-electron chi connectivity index (χ3n) is 2.83. The topological polar surface area (TPSA) is 59.5 Å². The van der Waals surface area contributed by atoms with E-state index < -0.39 is 17.6 Å². The van der Waals surface area contributed by atoms with E-state index in [9.17, 15) is 13.6 Å². The fourth-order valence-corrected chi connectivity index (χ4v) is 1.99. The number of nitrogens with zero attached hydrogens (tertiary/aromatic N) is 3. The van der Waals surface area contributed by atoms with Crippen LogP contribution in [0, 0.1) is 11.6 Å². The average Bonchev–Trinajstić information content (AvgIpc) is 2.77. The van der Waals surface area contributed by atoms with Crippen molar-refractivity contribution in [3.63, 3.8) is 0 Å². The van der Waals surface area contributed by atoms with Gasteiger partial charge in [-0.05, 0) is 0 Å². The van der Waals surface area contributed by atoms with Crippen LogP contribution in [0.1, 0.15) is 10.5 Å². The molecular weight excluding hydrogens is 244 g/mol. The molecule has 0 aliphatic heterocycles. The van der Waals surface area contributed by atoms with Gasteiger partial charge in [-0.1, -0.05) is 0 Å². The molecule has 0 radical (unpaired) electrons. The first-order valence-electron chi connectivity index (χ1n) is 5.05. The molecule has 0 atom stereocenters.